The minimum Gasteiger partial charge on any atom is -0.337 e. The van der Waals surface area contributed by atoms with Crippen LogP contribution in [-0.2, 0) is 19.4 Å². The van der Waals surface area contributed by atoms with Crippen LogP contribution in [0.2, 0.25) is 0 Å². The number of hydrogen-bond donors (Lipinski definition) is 0. The fourth-order valence-electron chi connectivity index (χ4n) is 5.56. The minimum absolute atomic E-state index is 0.183. The summed E-state index contributed by atoms with van der Waals surface area (Å²) in [5.74, 6) is 0.183. The van der Waals surface area contributed by atoms with Gasteiger partial charge in [0.05, 0.1) is 0 Å². The summed E-state index contributed by atoms with van der Waals surface area (Å²) in [5.41, 5.74) is 3.37. The number of carbonyl (C=O) groups excluding carboxylic acids is 1. The fraction of sp³-hybridized carbons (Fsp3) is 0.826. The Morgan fingerprint density at radius 2 is 1.79 bits per heavy atom. The summed E-state index contributed by atoms with van der Waals surface area (Å²) in [6.45, 7) is 7.28. The molecule has 3 heterocycles. The van der Waals surface area contributed by atoms with Gasteiger partial charge in [0.25, 0.3) is 5.91 Å². The summed E-state index contributed by atoms with van der Waals surface area (Å²) in [4.78, 5) is 20.4. The molecule has 2 aliphatic heterocycles. The second kappa shape index (κ2) is 9.17. The minimum atomic E-state index is 0.183. The number of fused-ring (bicyclic) bond motifs is 1. The molecule has 0 aromatic carbocycles. The summed E-state index contributed by atoms with van der Waals surface area (Å²) in [7, 11) is 4.40. The summed E-state index contributed by atoms with van der Waals surface area (Å²) in [5, 5.41) is 4.87. The topological polar surface area (TPSA) is 44.6 Å². The highest BCUT2D eigenvalue weighted by Crippen LogP contribution is 2.30. The van der Waals surface area contributed by atoms with Crippen LogP contribution in [0.3, 0.4) is 0 Å². The van der Waals surface area contributed by atoms with Crippen LogP contribution in [0.5, 0.6) is 0 Å². The molecule has 3 aliphatic rings. The van der Waals surface area contributed by atoms with Crippen molar-refractivity contribution in [2.75, 3.05) is 40.3 Å². The van der Waals surface area contributed by atoms with Gasteiger partial charge in [-0.25, -0.2) is 0 Å². The van der Waals surface area contributed by atoms with Crippen LogP contribution >= 0.6 is 0 Å². The molecule has 0 saturated carbocycles. The molecule has 0 N–H and O–H groups in total. The second-order valence-corrected chi connectivity index (χ2v) is 9.48. The van der Waals surface area contributed by atoms with Crippen LogP contribution in [0, 0.1) is 0 Å². The van der Waals surface area contributed by atoms with E-state index in [0.717, 1.165) is 57.4 Å². The predicted octanol–water partition coefficient (Wildman–Crippen LogP) is 2.80. The van der Waals surface area contributed by atoms with Crippen LogP contribution < -0.4 is 0 Å². The molecule has 1 aliphatic carbocycles. The highest BCUT2D eigenvalue weighted by Gasteiger charge is 2.34. The maximum Gasteiger partial charge on any atom is 0.274 e. The van der Waals surface area contributed by atoms with E-state index in [1.165, 1.54) is 50.0 Å². The molecule has 1 aromatic rings. The van der Waals surface area contributed by atoms with Crippen LogP contribution in [-0.4, -0.2) is 82.7 Å². The van der Waals surface area contributed by atoms with Gasteiger partial charge in [-0.15, -0.1) is 0 Å². The Labute approximate surface area is 176 Å². The smallest absolute Gasteiger partial charge is 0.274 e. The zero-order chi connectivity index (χ0) is 20.4. The monoisotopic (exact) mass is 401 g/mol. The van der Waals surface area contributed by atoms with Gasteiger partial charge < -0.3 is 9.80 Å². The average Bonchev–Trinajstić information content (AvgIpc) is 3.12. The van der Waals surface area contributed by atoms with Gasteiger partial charge in [0.2, 0.25) is 0 Å². The van der Waals surface area contributed by atoms with Gasteiger partial charge in [0.15, 0.2) is 5.69 Å². The number of likely N-dealkylation sites (tertiary alicyclic amines) is 2. The molecule has 6 nitrogen and oxygen atoms in total. The average molecular weight is 402 g/mol. The number of aryl methyl sites for hydroxylation is 1. The summed E-state index contributed by atoms with van der Waals surface area (Å²) < 4.78 is 2.15. The lowest BCUT2D eigenvalue weighted by Crippen LogP contribution is -2.48. The number of hydrogen-bond acceptors (Lipinski definition) is 4. The number of carbonyl (C=O) groups is 1. The molecule has 4 rings (SSSR count). The molecule has 1 atom stereocenters. The van der Waals surface area contributed by atoms with E-state index in [0.29, 0.717) is 12.1 Å². The first-order valence-corrected chi connectivity index (χ1v) is 11.9. The van der Waals surface area contributed by atoms with Crippen molar-refractivity contribution in [1.82, 2.24) is 24.5 Å². The van der Waals surface area contributed by atoms with E-state index >= 15 is 0 Å². The lowest BCUT2D eigenvalue weighted by Gasteiger charge is -2.41. The van der Waals surface area contributed by atoms with Crippen molar-refractivity contribution >= 4 is 5.91 Å². The standard InChI is InChI=1S/C23H39N5O/c1-4-12-28-21-9-8-19(26-15-10-18(11-16-26)25(2)3)17-20(21)22(24-28)23(29)27-13-6-5-7-14-27/h18-19H,4-17H2,1-3H3. The maximum atomic E-state index is 13.3. The number of nitrogens with zero attached hydrogens (tertiary/aromatic N) is 5. The molecule has 1 amide bonds. The van der Waals surface area contributed by atoms with E-state index in [1.807, 2.05) is 0 Å². The van der Waals surface area contributed by atoms with E-state index in [1.54, 1.807) is 0 Å². The van der Waals surface area contributed by atoms with Crippen LogP contribution in [0.25, 0.3) is 0 Å². The van der Waals surface area contributed by atoms with Crippen molar-refractivity contribution in [2.45, 2.75) is 83.3 Å². The Bertz CT molecular complexity index is 698. The van der Waals surface area contributed by atoms with Gasteiger partial charge in [-0.1, -0.05) is 6.92 Å². The fourth-order valence-corrected chi connectivity index (χ4v) is 5.56. The molecule has 2 fully saturated rings. The zero-order valence-corrected chi connectivity index (χ0v) is 18.7. The highest BCUT2D eigenvalue weighted by atomic mass is 16.2. The van der Waals surface area contributed by atoms with Gasteiger partial charge in [0.1, 0.15) is 0 Å². The Kier molecular flexibility index (Phi) is 6.60. The van der Waals surface area contributed by atoms with E-state index in [-0.39, 0.29) is 5.91 Å². The first-order valence-electron chi connectivity index (χ1n) is 11.9. The molecule has 1 unspecified atom stereocenters. The molecule has 0 radical (unpaired) electrons. The normalized spacial score (nSPS) is 24.1. The molecule has 29 heavy (non-hydrogen) atoms. The number of amides is 1. The van der Waals surface area contributed by atoms with Gasteiger partial charge in [-0.3, -0.25) is 14.4 Å². The van der Waals surface area contributed by atoms with Gasteiger partial charge in [0, 0.05) is 43.0 Å². The highest BCUT2D eigenvalue weighted by molar-refractivity contribution is 5.94. The van der Waals surface area contributed by atoms with Crippen molar-refractivity contribution in [3.05, 3.63) is 17.0 Å². The largest absolute Gasteiger partial charge is 0.337 e. The molecule has 6 heteroatoms. The molecule has 0 bridgehead atoms. The molecular formula is C23H39N5O. The van der Waals surface area contributed by atoms with Crippen molar-refractivity contribution in [1.29, 1.82) is 0 Å². The van der Waals surface area contributed by atoms with Crippen LogP contribution in [0.4, 0.5) is 0 Å². The van der Waals surface area contributed by atoms with Crippen LogP contribution in [0.15, 0.2) is 0 Å². The Morgan fingerprint density at radius 3 is 2.45 bits per heavy atom. The third kappa shape index (κ3) is 4.38. The van der Waals surface area contributed by atoms with Crippen LogP contribution in [0.1, 0.15) is 73.6 Å². The van der Waals surface area contributed by atoms with Crippen molar-refractivity contribution in [3.63, 3.8) is 0 Å². The van der Waals surface area contributed by atoms with Crippen molar-refractivity contribution in [3.8, 4) is 0 Å². The number of piperidine rings is 2. The summed E-state index contributed by atoms with van der Waals surface area (Å²) in [6, 6.07) is 1.28. The first-order chi connectivity index (χ1) is 14.1. The lowest BCUT2D eigenvalue weighted by molar-refractivity contribution is 0.0714. The van der Waals surface area contributed by atoms with E-state index in [9.17, 15) is 4.79 Å². The van der Waals surface area contributed by atoms with E-state index < -0.39 is 0 Å². The molecule has 162 valence electrons. The molecular weight excluding hydrogens is 362 g/mol. The predicted molar refractivity (Wildman–Crippen MR) is 116 cm³/mol. The third-order valence-electron chi connectivity index (χ3n) is 7.35. The van der Waals surface area contributed by atoms with Crippen molar-refractivity contribution < 1.29 is 4.79 Å². The lowest BCUT2D eigenvalue weighted by atomic mass is 9.88. The van der Waals surface area contributed by atoms with E-state index in [4.69, 9.17) is 5.10 Å². The quantitative estimate of drug-likeness (QED) is 0.761. The number of aromatic nitrogens is 2. The molecule has 0 spiro atoms. The maximum absolute atomic E-state index is 13.3. The van der Waals surface area contributed by atoms with Gasteiger partial charge in [-0.05, 0) is 85.0 Å². The van der Waals surface area contributed by atoms with E-state index in [2.05, 4.69) is 40.4 Å². The Balaban J connectivity index is 1.52. The number of rotatable bonds is 5. The Morgan fingerprint density at radius 1 is 1.07 bits per heavy atom. The second-order valence-electron chi connectivity index (χ2n) is 9.48. The molecule has 1 aromatic heterocycles. The summed E-state index contributed by atoms with van der Waals surface area (Å²) in [6.07, 6.45) is 10.3. The Hall–Kier alpha value is -1.40. The summed E-state index contributed by atoms with van der Waals surface area (Å²) >= 11 is 0. The SMILES string of the molecule is CCCn1nc(C(=O)N2CCCCC2)c2c1CCC(N1CCC(N(C)C)CC1)C2. The zero-order valence-electron chi connectivity index (χ0n) is 18.7. The molecule has 2 saturated heterocycles. The van der Waals surface area contributed by atoms with Crippen molar-refractivity contribution in [2.24, 2.45) is 0 Å². The van der Waals surface area contributed by atoms with Gasteiger partial charge >= 0.3 is 0 Å². The van der Waals surface area contributed by atoms with Gasteiger partial charge in [-0.2, -0.15) is 5.10 Å². The first kappa shape index (κ1) is 20.9. The third-order valence-corrected chi connectivity index (χ3v) is 7.35.